The third-order valence-corrected chi connectivity index (χ3v) is 5.62. The molecule has 3 rings (SSSR count). The summed E-state index contributed by atoms with van der Waals surface area (Å²) >= 11 is 12.3. The van der Waals surface area contributed by atoms with Crippen LogP contribution in [0.5, 0.6) is 5.75 Å². The molecule has 0 bridgehead atoms. The first kappa shape index (κ1) is 19.9. The van der Waals surface area contributed by atoms with Crippen LogP contribution in [-0.2, 0) is 17.8 Å². The largest absolute Gasteiger partial charge is 0.505 e. The van der Waals surface area contributed by atoms with E-state index in [9.17, 15) is 14.3 Å². The lowest BCUT2D eigenvalue weighted by molar-refractivity contribution is -0.120. The molecular weight excluding hydrogens is 390 g/mol. The van der Waals surface area contributed by atoms with Crippen LogP contribution >= 0.6 is 23.2 Å². The number of rotatable bonds is 6. The first-order chi connectivity index (χ1) is 12.9. The summed E-state index contributed by atoms with van der Waals surface area (Å²) in [7, 11) is 0. The van der Waals surface area contributed by atoms with Crippen molar-refractivity contribution in [2.24, 2.45) is 5.92 Å². The molecule has 0 radical (unpaired) electrons. The summed E-state index contributed by atoms with van der Waals surface area (Å²) in [5, 5.41) is 13.3. The number of hydrogen-bond acceptors (Lipinski definition) is 3. The van der Waals surface area contributed by atoms with Gasteiger partial charge in [-0.1, -0.05) is 41.4 Å². The second-order valence-electron chi connectivity index (χ2n) is 6.87. The minimum absolute atomic E-state index is 0.0890. The molecule has 0 spiro atoms. The fraction of sp³-hybridized carbons (Fsp3) is 0.350. The van der Waals surface area contributed by atoms with E-state index in [0.717, 1.165) is 31.6 Å². The maximum Gasteiger partial charge on any atom is 0.224 e. The number of nitrogens with zero attached hydrogens (tertiary/aromatic N) is 1. The Balaban J connectivity index is 1.45. The number of benzene rings is 2. The van der Waals surface area contributed by atoms with Crippen LogP contribution in [0.25, 0.3) is 0 Å². The number of halogens is 3. The van der Waals surface area contributed by atoms with Gasteiger partial charge in [0, 0.05) is 19.6 Å². The summed E-state index contributed by atoms with van der Waals surface area (Å²) < 4.78 is 13.3. The molecule has 2 aromatic carbocycles. The number of amides is 1. The molecule has 1 aliphatic heterocycles. The van der Waals surface area contributed by atoms with Crippen LogP contribution < -0.4 is 5.32 Å². The highest BCUT2D eigenvalue weighted by Crippen LogP contribution is 2.28. The van der Waals surface area contributed by atoms with Crippen molar-refractivity contribution in [3.05, 3.63) is 63.4 Å². The Morgan fingerprint density at radius 2 is 2.11 bits per heavy atom. The van der Waals surface area contributed by atoms with Gasteiger partial charge in [0.25, 0.3) is 0 Å². The molecule has 1 saturated heterocycles. The molecule has 144 valence electrons. The zero-order valence-electron chi connectivity index (χ0n) is 14.7. The summed E-state index contributed by atoms with van der Waals surface area (Å²) in [6.45, 7) is 3.12. The van der Waals surface area contributed by atoms with E-state index in [0.29, 0.717) is 28.1 Å². The number of likely N-dealkylation sites (tertiary alicyclic amines) is 1. The molecule has 2 N–H and O–H groups in total. The molecule has 1 aliphatic rings. The van der Waals surface area contributed by atoms with E-state index < -0.39 is 11.6 Å². The van der Waals surface area contributed by atoms with Gasteiger partial charge in [-0.3, -0.25) is 9.69 Å². The molecule has 0 aromatic heterocycles. The molecule has 0 saturated carbocycles. The number of nitrogens with one attached hydrogen (secondary N) is 1. The Morgan fingerprint density at radius 1 is 1.30 bits per heavy atom. The topological polar surface area (TPSA) is 52.6 Å². The quantitative estimate of drug-likeness (QED) is 0.755. The molecule has 1 heterocycles. The Bertz CT molecular complexity index is 832. The normalized spacial score (nSPS) is 17.2. The summed E-state index contributed by atoms with van der Waals surface area (Å²) in [5.41, 5.74) is 1.54. The molecule has 1 atom stereocenters. The van der Waals surface area contributed by atoms with Crippen molar-refractivity contribution in [3.8, 4) is 5.75 Å². The molecule has 2 aromatic rings. The van der Waals surface area contributed by atoms with Gasteiger partial charge < -0.3 is 10.4 Å². The van der Waals surface area contributed by atoms with Crippen molar-refractivity contribution in [2.75, 3.05) is 19.6 Å². The number of carbonyl (C=O) groups excluding carboxylic acids is 1. The molecule has 0 aliphatic carbocycles. The standard InChI is InChI=1S/C20H21Cl2FN2O2/c21-16-3-1-2-15(20(16)22)12-25-7-6-14(11-25)10-24-19(27)9-13-4-5-18(26)17(23)8-13/h1-5,8,14,26H,6-7,9-12H2,(H,24,27)/t14-/m0/s1. The minimum Gasteiger partial charge on any atom is -0.505 e. The molecule has 0 unspecified atom stereocenters. The third-order valence-electron chi connectivity index (χ3n) is 4.76. The maximum atomic E-state index is 13.3. The lowest BCUT2D eigenvalue weighted by Gasteiger charge is -2.17. The monoisotopic (exact) mass is 410 g/mol. The van der Waals surface area contributed by atoms with Gasteiger partial charge in [0.2, 0.25) is 5.91 Å². The number of carbonyl (C=O) groups is 1. The number of phenolic OH excluding ortho intramolecular Hbond substituents is 1. The van der Waals surface area contributed by atoms with Gasteiger partial charge in [-0.2, -0.15) is 0 Å². The van der Waals surface area contributed by atoms with E-state index in [-0.39, 0.29) is 12.3 Å². The second kappa shape index (κ2) is 8.91. The highest BCUT2D eigenvalue weighted by Gasteiger charge is 2.23. The highest BCUT2D eigenvalue weighted by molar-refractivity contribution is 6.42. The van der Waals surface area contributed by atoms with E-state index in [4.69, 9.17) is 23.2 Å². The average Bonchev–Trinajstić information content (AvgIpc) is 3.08. The maximum absolute atomic E-state index is 13.3. The minimum atomic E-state index is -0.716. The summed E-state index contributed by atoms with van der Waals surface area (Å²) in [6, 6.07) is 9.62. The average molecular weight is 411 g/mol. The summed E-state index contributed by atoms with van der Waals surface area (Å²) in [6.07, 6.45) is 1.08. The van der Waals surface area contributed by atoms with Crippen molar-refractivity contribution in [1.29, 1.82) is 0 Å². The Morgan fingerprint density at radius 3 is 2.89 bits per heavy atom. The van der Waals surface area contributed by atoms with E-state index in [1.165, 1.54) is 12.1 Å². The molecule has 7 heteroatoms. The second-order valence-corrected chi connectivity index (χ2v) is 7.65. The molecule has 4 nitrogen and oxygen atoms in total. The van der Waals surface area contributed by atoms with Gasteiger partial charge in [-0.25, -0.2) is 4.39 Å². The van der Waals surface area contributed by atoms with E-state index in [1.807, 2.05) is 12.1 Å². The zero-order valence-corrected chi connectivity index (χ0v) is 16.2. The van der Waals surface area contributed by atoms with Crippen LogP contribution in [0.1, 0.15) is 17.5 Å². The Kier molecular flexibility index (Phi) is 6.58. The van der Waals surface area contributed by atoms with Crippen LogP contribution in [0, 0.1) is 11.7 Å². The molecule has 1 fully saturated rings. The SMILES string of the molecule is O=C(Cc1ccc(O)c(F)c1)NC[C@@H]1CCN(Cc2cccc(Cl)c2Cl)C1. The summed E-state index contributed by atoms with van der Waals surface area (Å²) in [4.78, 5) is 14.4. The van der Waals surface area contributed by atoms with Crippen molar-refractivity contribution in [2.45, 2.75) is 19.4 Å². The lowest BCUT2D eigenvalue weighted by atomic mass is 10.1. The van der Waals surface area contributed by atoms with Gasteiger partial charge in [-0.05, 0) is 48.2 Å². The summed E-state index contributed by atoms with van der Waals surface area (Å²) in [5.74, 6) is -0.920. The third kappa shape index (κ3) is 5.34. The van der Waals surface area contributed by atoms with E-state index >= 15 is 0 Å². The molecule has 27 heavy (non-hydrogen) atoms. The zero-order chi connectivity index (χ0) is 19.4. The van der Waals surface area contributed by atoms with Gasteiger partial charge in [0.15, 0.2) is 11.6 Å². The number of phenols is 1. The fourth-order valence-corrected chi connectivity index (χ4v) is 3.68. The van der Waals surface area contributed by atoms with Crippen molar-refractivity contribution in [3.63, 3.8) is 0 Å². The van der Waals surface area contributed by atoms with Crippen LogP contribution in [0.4, 0.5) is 4.39 Å². The van der Waals surface area contributed by atoms with Gasteiger partial charge in [-0.15, -0.1) is 0 Å². The van der Waals surface area contributed by atoms with E-state index in [2.05, 4.69) is 10.2 Å². The Labute approximate surface area is 167 Å². The van der Waals surface area contributed by atoms with Gasteiger partial charge in [0.05, 0.1) is 16.5 Å². The van der Waals surface area contributed by atoms with Crippen LogP contribution in [0.2, 0.25) is 10.0 Å². The predicted molar refractivity (Wildman–Crippen MR) is 105 cm³/mol. The van der Waals surface area contributed by atoms with Gasteiger partial charge >= 0.3 is 0 Å². The fourth-order valence-electron chi connectivity index (χ4n) is 3.30. The van der Waals surface area contributed by atoms with Crippen molar-refractivity contribution >= 4 is 29.1 Å². The number of hydrogen-bond donors (Lipinski definition) is 2. The van der Waals surface area contributed by atoms with Gasteiger partial charge in [0.1, 0.15) is 0 Å². The van der Waals surface area contributed by atoms with Crippen molar-refractivity contribution in [1.82, 2.24) is 10.2 Å². The molecule has 1 amide bonds. The van der Waals surface area contributed by atoms with Crippen molar-refractivity contribution < 1.29 is 14.3 Å². The number of aromatic hydroxyl groups is 1. The first-order valence-electron chi connectivity index (χ1n) is 8.81. The Hall–Kier alpha value is -1.82. The smallest absolute Gasteiger partial charge is 0.224 e. The van der Waals surface area contributed by atoms with Crippen LogP contribution in [0.3, 0.4) is 0 Å². The first-order valence-corrected chi connectivity index (χ1v) is 9.57. The van der Waals surface area contributed by atoms with E-state index in [1.54, 1.807) is 12.1 Å². The highest BCUT2D eigenvalue weighted by atomic mass is 35.5. The van der Waals surface area contributed by atoms with Crippen LogP contribution in [-0.4, -0.2) is 35.5 Å². The van der Waals surface area contributed by atoms with Crippen LogP contribution in [0.15, 0.2) is 36.4 Å². The predicted octanol–water partition coefficient (Wildman–Crippen LogP) is 4.02. The lowest BCUT2D eigenvalue weighted by Crippen LogP contribution is -2.32. The molecular formula is C20H21Cl2FN2O2.